The number of unbranched alkanes of at least 4 members (excludes halogenated alkanes) is 1. The molecule has 0 saturated carbocycles. The van der Waals surface area contributed by atoms with Gasteiger partial charge in [0.25, 0.3) is 0 Å². The third-order valence-corrected chi connectivity index (χ3v) is 5.44. The highest BCUT2D eigenvalue weighted by Gasteiger charge is 2.27. The monoisotopic (exact) mass is 376 g/mol. The Labute approximate surface area is 157 Å². The molecule has 1 atom stereocenters. The molecule has 1 aromatic carbocycles. The first kappa shape index (κ1) is 18.8. The molecule has 2 heterocycles. The van der Waals surface area contributed by atoms with Crippen LogP contribution in [0, 0.1) is 11.7 Å². The third kappa shape index (κ3) is 5.00. The molecule has 140 valence electrons. The van der Waals surface area contributed by atoms with Crippen LogP contribution in [0.15, 0.2) is 24.3 Å². The van der Waals surface area contributed by atoms with Crippen molar-refractivity contribution in [2.45, 2.75) is 39.0 Å². The predicted octanol–water partition coefficient (Wildman–Crippen LogP) is 3.40. The molecule has 3 rings (SSSR count). The van der Waals surface area contributed by atoms with E-state index in [1.165, 1.54) is 23.7 Å². The fourth-order valence-corrected chi connectivity index (χ4v) is 3.85. The molecule has 7 heteroatoms. The number of anilines is 1. The number of hydrogen-bond donors (Lipinski definition) is 1. The summed E-state index contributed by atoms with van der Waals surface area (Å²) in [6.45, 7) is 4.48. The van der Waals surface area contributed by atoms with Gasteiger partial charge in [0, 0.05) is 37.6 Å². The van der Waals surface area contributed by atoms with Gasteiger partial charge in [0.05, 0.1) is 5.92 Å². The van der Waals surface area contributed by atoms with Crippen molar-refractivity contribution < 1.29 is 9.18 Å². The molecule has 0 bridgehead atoms. The van der Waals surface area contributed by atoms with Crippen molar-refractivity contribution in [3.05, 3.63) is 41.5 Å². The average molecular weight is 377 g/mol. The van der Waals surface area contributed by atoms with Crippen LogP contribution in [0.2, 0.25) is 0 Å². The molecule has 1 aliphatic rings. The Morgan fingerprint density at radius 3 is 2.96 bits per heavy atom. The van der Waals surface area contributed by atoms with Crippen LogP contribution >= 0.6 is 11.5 Å². The van der Waals surface area contributed by atoms with Crippen LogP contribution in [0.4, 0.5) is 9.52 Å². The maximum atomic E-state index is 13.0. The van der Waals surface area contributed by atoms with E-state index < -0.39 is 0 Å². The van der Waals surface area contributed by atoms with Crippen molar-refractivity contribution in [3.63, 3.8) is 0 Å². The van der Waals surface area contributed by atoms with Gasteiger partial charge >= 0.3 is 0 Å². The predicted molar refractivity (Wildman–Crippen MR) is 102 cm³/mol. The van der Waals surface area contributed by atoms with Crippen molar-refractivity contribution in [3.8, 4) is 0 Å². The first-order valence-electron chi connectivity index (χ1n) is 9.25. The molecule has 1 saturated heterocycles. The number of carbonyl (C=O) groups excluding carboxylic acids is 1. The number of carbonyl (C=O) groups is 1. The normalized spacial score (nSPS) is 17.3. The second-order valence-corrected chi connectivity index (χ2v) is 7.46. The Balaban J connectivity index is 1.57. The van der Waals surface area contributed by atoms with Crippen LogP contribution in [0.3, 0.4) is 0 Å². The Hall–Kier alpha value is -2.02. The zero-order chi connectivity index (χ0) is 18.4. The van der Waals surface area contributed by atoms with Gasteiger partial charge in [-0.3, -0.25) is 4.79 Å². The summed E-state index contributed by atoms with van der Waals surface area (Å²) in [5.74, 6) is 0.674. The van der Waals surface area contributed by atoms with Crippen molar-refractivity contribution >= 4 is 22.6 Å². The number of aromatic nitrogens is 2. The maximum absolute atomic E-state index is 13.0. The minimum absolute atomic E-state index is 0.0186. The lowest BCUT2D eigenvalue weighted by Gasteiger charge is -2.31. The van der Waals surface area contributed by atoms with Crippen molar-refractivity contribution in [1.82, 2.24) is 14.7 Å². The fourth-order valence-electron chi connectivity index (χ4n) is 3.13. The van der Waals surface area contributed by atoms with Gasteiger partial charge in [-0.25, -0.2) is 9.37 Å². The topological polar surface area (TPSA) is 58.1 Å². The van der Waals surface area contributed by atoms with Crippen LogP contribution < -0.4 is 10.2 Å². The smallest absolute Gasteiger partial charge is 0.224 e. The van der Waals surface area contributed by atoms with E-state index in [2.05, 4.69) is 26.5 Å². The van der Waals surface area contributed by atoms with Crippen LogP contribution in [0.1, 0.15) is 44.0 Å². The van der Waals surface area contributed by atoms with Gasteiger partial charge in [0.2, 0.25) is 11.0 Å². The standard InChI is InChI=1S/C19H25FN4OS/c1-2-3-10-21-18(25)15-5-4-11-24(13-15)19-22-17(23-26-19)12-14-6-8-16(20)9-7-14/h6-9,15H,2-5,10-13H2,1H3,(H,21,25). The Bertz CT molecular complexity index is 719. The molecule has 1 amide bonds. The van der Waals surface area contributed by atoms with Gasteiger partial charge in [-0.2, -0.15) is 4.37 Å². The van der Waals surface area contributed by atoms with E-state index in [4.69, 9.17) is 0 Å². The summed E-state index contributed by atoms with van der Waals surface area (Å²) in [6, 6.07) is 6.42. The van der Waals surface area contributed by atoms with E-state index in [1.54, 1.807) is 12.1 Å². The molecule has 5 nitrogen and oxygen atoms in total. The molecule has 1 aromatic heterocycles. The first-order chi connectivity index (χ1) is 12.7. The Morgan fingerprint density at radius 2 is 2.19 bits per heavy atom. The minimum atomic E-state index is -0.239. The summed E-state index contributed by atoms with van der Waals surface area (Å²) in [5.41, 5.74) is 0.988. The Morgan fingerprint density at radius 1 is 1.38 bits per heavy atom. The molecule has 26 heavy (non-hydrogen) atoms. The van der Waals surface area contributed by atoms with Gasteiger partial charge in [0.1, 0.15) is 11.6 Å². The molecular formula is C19H25FN4OS. The molecule has 1 aliphatic heterocycles. The van der Waals surface area contributed by atoms with Crippen LogP contribution in [0.5, 0.6) is 0 Å². The van der Waals surface area contributed by atoms with Crippen molar-refractivity contribution in [2.75, 3.05) is 24.5 Å². The number of piperidine rings is 1. The molecule has 0 radical (unpaired) electrons. The number of nitrogens with one attached hydrogen (secondary N) is 1. The number of halogens is 1. The summed E-state index contributed by atoms with van der Waals surface area (Å²) < 4.78 is 17.4. The molecule has 1 fully saturated rings. The maximum Gasteiger partial charge on any atom is 0.224 e. The van der Waals surface area contributed by atoms with E-state index in [9.17, 15) is 9.18 Å². The van der Waals surface area contributed by atoms with E-state index >= 15 is 0 Å². The molecule has 0 aliphatic carbocycles. The number of amides is 1. The number of hydrogen-bond acceptors (Lipinski definition) is 5. The number of nitrogens with zero attached hydrogens (tertiary/aromatic N) is 3. The van der Waals surface area contributed by atoms with Gasteiger partial charge < -0.3 is 10.2 Å². The number of rotatable bonds is 7. The van der Waals surface area contributed by atoms with Gasteiger partial charge in [0.15, 0.2) is 0 Å². The van der Waals surface area contributed by atoms with E-state index in [0.29, 0.717) is 13.0 Å². The van der Waals surface area contributed by atoms with Crippen LogP contribution in [-0.4, -0.2) is 34.9 Å². The van der Waals surface area contributed by atoms with E-state index in [1.807, 2.05) is 0 Å². The summed E-state index contributed by atoms with van der Waals surface area (Å²) in [4.78, 5) is 19.1. The molecule has 2 aromatic rings. The van der Waals surface area contributed by atoms with Gasteiger partial charge in [-0.05, 0) is 37.0 Å². The third-order valence-electron chi connectivity index (χ3n) is 4.63. The summed E-state index contributed by atoms with van der Waals surface area (Å²) in [5, 5.41) is 3.91. The Kier molecular flexibility index (Phi) is 6.55. The number of benzene rings is 1. The summed E-state index contributed by atoms with van der Waals surface area (Å²) in [6.07, 6.45) is 4.60. The van der Waals surface area contributed by atoms with Crippen LogP contribution in [-0.2, 0) is 11.2 Å². The lowest BCUT2D eigenvalue weighted by atomic mass is 9.97. The lowest BCUT2D eigenvalue weighted by Crippen LogP contribution is -2.43. The van der Waals surface area contributed by atoms with Gasteiger partial charge in [-0.1, -0.05) is 25.5 Å². The molecule has 1 unspecified atom stereocenters. The second-order valence-electron chi connectivity index (χ2n) is 6.73. The van der Waals surface area contributed by atoms with Crippen molar-refractivity contribution in [2.24, 2.45) is 5.92 Å². The summed E-state index contributed by atoms with van der Waals surface area (Å²) >= 11 is 1.37. The van der Waals surface area contributed by atoms with Crippen LogP contribution in [0.25, 0.3) is 0 Å². The average Bonchev–Trinajstić information content (AvgIpc) is 3.12. The molecule has 1 N–H and O–H groups in total. The summed E-state index contributed by atoms with van der Waals surface area (Å²) in [7, 11) is 0. The highest BCUT2D eigenvalue weighted by molar-refractivity contribution is 7.09. The fraction of sp³-hybridized carbons (Fsp3) is 0.526. The van der Waals surface area contributed by atoms with Crippen molar-refractivity contribution in [1.29, 1.82) is 0 Å². The zero-order valence-corrected chi connectivity index (χ0v) is 15.9. The largest absolute Gasteiger partial charge is 0.356 e. The zero-order valence-electron chi connectivity index (χ0n) is 15.1. The van der Waals surface area contributed by atoms with Gasteiger partial charge in [-0.15, -0.1) is 0 Å². The quantitative estimate of drug-likeness (QED) is 0.753. The van der Waals surface area contributed by atoms with E-state index in [0.717, 1.165) is 55.3 Å². The molecular weight excluding hydrogens is 351 g/mol. The first-order valence-corrected chi connectivity index (χ1v) is 10.0. The molecule has 0 spiro atoms. The lowest BCUT2D eigenvalue weighted by molar-refractivity contribution is -0.125. The highest BCUT2D eigenvalue weighted by atomic mass is 32.1. The highest BCUT2D eigenvalue weighted by Crippen LogP contribution is 2.25. The van der Waals surface area contributed by atoms with E-state index in [-0.39, 0.29) is 17.6 Å². The second kappa shape index (κ2) is 9.07. The minimum Gasteiger partial charge on any atom is -0.356 e. The SMILES string of the molecule is CCCCNC(=O)C1CCCN(c2nc(Cc3ccc(F)cc3)ns2)C1.